The summed E-state index contributed by atoms with van der Waals surface area (Å²) >= 11 is 0. The highest BCUT2D eigenvalue weighted by molar-refractivity contribution is 5.98. The summed E-state index contributed by atoms with van der Waals surface area (Å²) in [6, 6.07) is 29.6. The largest absolute Gasteiger partial charge is 0.480 e. The van der Waals surface area contributed by atoms with Gasteiger partial charge in [0.1, 0.15) is 5.54 Å². The maximum Gasteiger partial charge on any atom is 0.329 e. The molecule has 0 spiro atoms. The fourth-order valence-corrected chi connectivity index (χ4v) is 4.60. The van der Waals surface area contributed by atoms with Crippen molar-refractivity contribution in [1.82, 2.24) is 20.0 Å². The standard InChI is InChI=1S/C29H26N4O4/c34-26(24-20-25(21-10-4-1-5-11-21)33(31-24)23-14-8-3-9-15-23)30-29(28(36)37)16-18-32(19-17-29)27(35)22-12-6-2-7-13-22/h1-15,20H,16-19H2,(H,30,34)(H,36,37). The van der Waals surface area contributed by atoms with Gasteiger partial charge in [0.15, 0.2) is 5.69 Å². The van der Waals surface area contributed by atoms with Crippen LogP contribution >= 0.6 is 0 Å². The number of hydrogen-bond acceptors (Lipinski definition) is 4. The van der Waals surface area contributed by atoms with Gasteiger partial charge in [-0.3, -0.25) is 9.59 Å². The number of hydrogen-bond donors (Lipinski definition) is 2. The predicted octanol–water partition coefficient (Wildman–Crippen LogP) is 4.03. The number of carbonyl (C=O) groups is 3. The number of piperidine rings is 1. The minimum atomic E-state index is -1.49. The fourth-order valence-electron chi connectivity index (χ4n) is 4.60. The van der Waals surface area contributed by atoms with Crippen LogP contribution in [0, 0.1) is 0 Å². The van der Waals surface area contributed by atoms with E-state index in [1.54, 1.807) is 39.9 Å². The molecule has 1 aliphatic heterocycles. The highest BCUT2D eigenvalue weighted by Gasteiger charge is 2.44. The molecule has 0 radical (unpaired) electrons. The lowest BCUT2D eigenvalue weighted by atomic mass is 9.87. The Morgan fingerprint density at radius 2 is 1.38 bits per heavy atom. The van der Waals surface area contributed by atoms with Crippen molar-refractivity contribution in [2.24, 2.45) is 0 Å². The molecule has 2 amide bonds. The van der Waals surface area contributed by atoms with Crippen molar-refractivity contribution >= 4 is 17.8 Å². The zero-order valence-corrected chi connectivity index (χ0v) is 20.1. The number of aromatic nitrogens is 2. The highest BCUT2D eigenvalue weighted by Crippen LogP contribution is 2.27. The van der Waals surface area contributed by atoms with Crippen LogP contribution in [-0.2, 0) is 4.79 Å². The molecule has 2 heterocycles. The first kappa shape index (κ1) is 24.0. The lowest BCUT2D eigenvalue weighted by molar-refractivity contribution is -0.146. The molecule has 37 heavy (non-hydrogen) atoms. The molecular weight excluding hydrogens is 468 g/mol. The van der Waals surface area contributed by atoms with E-state index in [2.05, 4.69) is 10.4 Å². The van der Waals surface area contributed by atoms with Crippen LogP contribution in [0.15, 0.2) is 97.1 Å². The van der Waals surface area contributed by atoms with E-state index in [1.165, 1.54) is 0 Å². The van der Waals surface area contributed by atoms with Gasteiger partial charge in [-0.05, 0) is 43.2 Å². The van der Waals surface area contributed by atoms with Crippen molar-refractivity contribution in [2.75, 3.05) is 13.1 Å². The molecule has 0 saturated carbocycles. The van der Waals surface area contributed by atoms with Crippen LogP contribution in [0.1, 0.15) is 33.7 Å². The molecule has 0 atom stereocenters. The Morgan fingerprint density at radius 1 is 0.811 bits per heavy atom. The van der Waals surface area contributed by atoms with E-state index in [0.717, 1.165) is 11.3 Å². The van der Waals surface area contributed by atoms with E-state index in [9.17, 15) is 19.5 Å². The Kier molecular flexibility index (Phi) is 6.55. The van der Waals surface area contributed by atoms with Crippen LogP contribution in [0.4, 0.5) is 0 Å². The van der Waals surface area contributed by atoms with Gasteiger partial charge in [-0.25, -0.2) is 9.48 Å². The number of para-hydroxylation sites is 1. The number of benzene rings is 3. The number of carboxylic acid groups (broad SMARTS) is 1. The molecular formula is C29H26N4O4. The van der Waals surface area contributed by atoms with Gasteiger partial charge in [0.2, 0.25) is 0 Å². The number of amides is 2. The van der Waals surface area contributed by atoms with E-state index in [0.29, 0.717) is 11.3 Å². The van der Waals surface area contributed by atoms with Gasteiger partial charge in [0.05, 0.1) is 11.4 Å². The molecule has 1 saturated heterocycles. The first-order valence-electron chi connectivity index (χ1n) is 12.1. The number of rotatable bonds is 6. The molecule has 5 rings (SSSR count). The number of carbonyl (C=O) groups excluding carboxylic acids is 2. The van der Waals surface area contributed by atoms with Gasteiger partial charge < -0.3 is 15.3 Å². The summed E-state index contributed by atoms with van der Waals surface area (Å²) in [6.07, 6.45) is 0.190. The van der Waals surface area contributed by atoms with Crippen LogP contribution < -0.4 is 5.32 Å². The summed E-state index contributed by atoms with van der Waals surface area (Å²) in [6.45, 7) is 0.433. The Balaban J connectivity index is 1.39. The molecule has 1 aliphatic rings. The van der Waals surface area contributed by atoms with Crippen molar-refractivity contribution < 1.29 is 19.5 Å². The van der Waals surface area contributed by atoms with Crippen LogP contribution in [0.5, 0.6) is 0 Å². The Hall–Kier alpha value is -4.72. The van der Waals surface area contributed by atoms with E-state index >= 15 is 0 Å². The van der Waals surface area contributed by atoms with Crippen molar-refractivity contribution in [3.63, 3.8) is 0 Å². The topological polar surface area (TPSA) is 105 Å². The molecule has 0 aliphatic carbocycles. The molecule has 8 nitrogen and oxygen atoms in total. The average Bonchev–Trinajstić information content (AvgIpc) is 3.40. The van der Waals surface area contributed by atoms with Crippen molar-refractivity contribution in [3.8, 4) is 16.9 Å². The average molecular weight is 495 g/mol. The number of likely N-dealkylation sites (tertiary alicyclic amines) is 1. The molecule has 8 heteroatoms. The van der Waals surface area contributed by atoms with E-state index in [-0.39, 0.29) is 37.5 Å². The molecule has 1 fully saturated rings. The summed E-state index contributed by atoms with van der Waals surface area (Å²) in [4.78, 5) is 40.2. The third-order valence-electron chi connectivity index (χ3n) is 6.70. The lowest BCUT2D eigenvalue weighted by Gasteiger charge is -2.39. The van der Waals surface area contributed by atoms with E-state index < -0.39 is 17.4 Å². The van der Waals surface area contributed by atoms with Crippen molar-refractivity contribution in [3.05, 3.63) is 108 Å². The normalized spacial score (nSPS) is 14.6. The summed E-state index contributed by atoms with van der Waals surface area (Å²) in [5.41, 5.74) is 1.54. The van der Waals surface area contributed by atoms with Gasteiger partial charge in [0.25, 0.3) is 11.8 Å². The summed E-state index contributed by atoms with van der Waals surface area (Å²) in [5, 5.41) is 17.4. The summed E-state index contributed by atoms with van der Waals surface area (Å²) in [7, 11) is 0. The smallest absolute Gasteiger partial charge is 0.329 e. The van der Waals surface area contributed by atoms with Crippen LogP contribution in [0.25, 0.3) is 16.9 Å². The second-order valence-corrected chi connectivity index (χ2v) is 9.03. The second kappa shape index (κ2) is 10.1. The summed E-state index contributed by atoms with van der Waals surface area (Å²) in [5.74, 6) is -1.85. The maximum atomic E-state index is 13.4. The van der Waals surface area contributed by atoms with Gasteiger partial charge in [-0.1, -0.05) is 66.7 Å². The molecule has 2 N–H and O–H groups in total. The van der Waals surface area contributed by atoms with Crippen LogP contribution in [0.3, 0.4) is 0 Å². The number of carboxylic acids is 1. The predicted molar refractivity (Wildman–Crippen MR) is 138 cm³/mol. The molecule has 4 aromatic rings. The van der Waals surface area contributed by atoms with Gasteiger partial charge in [-0.2, -0.15) is 5.10 Å². The minimum Gasteiger partial charge on any atom is -0.480 e. The zero-order valence-electron chi connectivity index (χ0n) is 20.1. The van der Waals surface area contributed by atoms with Gasteiger partial charge >= 0.3 is 5.97 Å². The Labute approximate surface area is 214 Å². The Bertz CT molecular complexity index is 1350. The molecule has 186 valence electrons. The maximum absolute atomic E-state index is 13.4. The van der Waals surface area contributed by atoms with Crippen molar-refractivity contribution in [2.45, 2.75) is 18.4 Å². The Morgan fingerprint density at radius 3 is 1.97 bits per heavy atom. The minimum absolute atomic E-state index is 0.0948. The molecule has 0 bridgehead atoms. The lowest BCUT2D eigenvalue weighted by Crippen LogP contribution is -2.60. The molecule has 1 aromatic heterocycles. The second-order valence-electron chi connectivity index (χ2n) is 9.03. The first-order valence-corrected chi connectivity index (χ1v) is 12.1. The SMILES string of the molecule is O=C(NC1(C(=O)O)CCN(C(=O)c2ccccc2)CC1)c1cc(-c2ccccc2)n(-c2ccccc2)n1. The third kappa shape index (κ3) is 4.86. The highest BCUT2D eigenvalue weighted by atomic mass is 16.4. The number of nitrogens with zero attached hydrogens (tertiary/aromatic N) is 3. The van der Waals surface area contributed by atoms with E-state index in [1.807, 2.05) is 66.7 Å². The molecule has 3 aromatic carbocycles. The number of aliphatic carboxylic acids is 1. The van der Waals surface area contributed by atoms with Crippen LogP contribution in [0.2, 0.25) is 0 Å². The monoisotopic (exact) mass is 494 g/mol. The van der Waals surface area contributed by atoms with Crippen molar-refractivity contribution in [1.29, 1.82) is 0 Å². The zero-order chi connectivity index (χ0) is 25.8. The van der Waals surface area contributed by atoms with E-state index in [4.69, 9.17) is 0 Å². The summed E-state index contributed by atoms with van der Waals surface area (Å²) < 4.78 is 1.68. The fraction of sp³-hybridized carbons (Fsp3) is 0.172. The van der Waals surface area contributed by atoms with Gasteiger partial charge in [0, 0.05) is 24.2 Å². The third-order valence-corrected chi connectivity index (χ3v) is 6.70. The van der Waals surface area contributed by atoms with Crippen LogP contribution in [-0.4, -0.2) is 56.2 Å². The first-order chi connectivity index (χ1) is 18.0. The quantitative estimate of drug-likeness (QED) is 0.421. The number of nitrogens with one attached hydrogen (secondary N) is 1. The molecule has 0 unspecified atom stereocenters. The van der Waals surface area contributed by atoms with Gasteiger partial charge in [-0.15, -0.1) is 0 Å².